The molecule has 0 unspecified atom stereocenters. The van der Waals surface area contributed by atoms with Crippen LogP contribution in [0.25, 0.3) is 20.4 Å². The SMILES string of the molecule is CC(C)c1ccc2nc(NC(=O)c3cc4sccc4n3CCc3ccccc3)sc2c1. The monoisotopic (exact) mass is 445 g/mol. The summed E-state index contributed by atoms with van der Waals surface area (Å²) in [5, 5.41) is 5.75. The minimum absolute atomic E-state index is 0.111. The second kappa shape index (κ2) is 8.29. The Kier molecular flexibility index (Phi) is 5.34. The van der Waals surface area contributed by atoms with Gasteiger partial charge in [-0.25, -0.2) is 4.98 Å². The van der Waals surface area contributed by atoms with E-state index >= 15 is 0 Å². The van der Waals surface area contributed by atoms with Gasteiger partial charge in [-0.1, -0.05) is 61.6 Å². The fraction of sp³-hybridized carbons (Fsp3) is 0.200. The van der Waals surface area contributed by atoms with Gasteiger partial charge in [0.05, 0.1) is 20.4 Å². The standard InChI is InChI=1S/C25H23N3OS2/c1-16(2)18-8-9-19-22(14-18)31-25(26-19)27-24(29)21-15-23-20(11-13-30-23)28(21)12-10-17-6-4-3-5-7-17/h3-9,11,13-16H,10,12H2,1-2H3,(H,26,27,29). The third kappa shape index (κ3) is 4.01. The van der Waals surface area contributed by atoms with Gasteiger partial charge in [0.25, 0.3) is 5.91 Å². The van der Waals surface area contributed by atoms with Crippen molar-refractivity contribution in [2.24, 2.45) is 0 Å². The first-order valence-corrected chi connectivity index (χ1v) is 12.1. The molecule has 0 atom stereocenters. The fourth-order valence-electron chi connectivity index (χ4n) is 3.81. The van der Waals surface area contributed by atoms with Gasteiger partial charge in [0.2, 0.25) is 0 Å². The van der Waals surface area contributed by atoms with Crippen molar-refractivity contribution in [3.63, 3.8) is 0 Å². The molecule has 4 nitrogen and oxygen atoms in total. The van der Waals surface area contributed by atoms with Gasteiger partial charge in [-0.05, 0) is 53.1 Å². The molecule has 0 saturated heterocycles. The molecule has 156 valence electrons. The maximum absolute atomic E-state index is 13.2. The largest absolute Gasteiger partial charge is 0.335 e. The third-order valence-corrected chi connectivity index (χ3v) is 7.31. The van der Waals surface area contributed by atoms with Gasteiger partial charge >= 0.3 is 0 Å². The minimum atomic E-state index is -0.111. The van der Waals surface area contributed by atoms with Gasteiger partial charge < -0.3 is 4.57 Å². The highest BCUT2D eigenvalue weighted by molar-refractivity contribution is 7.22. The first-order valence-electron chi connectivity index (χ1n) is 10.4. The molecule has 2 aromatic carbocycles. The molecule has 3 aromatic heterocycles. The summed E-state index contributed by atoms with van der Waals surface area (Å²) in [5.41, 5.74) is 5.25. The number of aromatic nitrogens is 2. The molecule has 0 fully saturated rings. The number of benzene rings is 2. The molecule has 1 N–H and O–H groups in total. The number of nitrogens with one attached hydrogen (secondary N) is 1. The molecule has 0 radical (unpaired) electrons. The van der Waals surface area contributed by atoms with Gasteiger partial charge in [0.1, 0.15) is 5.69 Å². The van der Waals surface area contributed by atoms with Gasteiger partial charge in [-0.2, -0.15) is 0 Å². The zero-order valence-corrected chi connectivity index (χ0v) is 19.1. The van der Waals surface area contributed by atoms with E-state index in [1.807, 2.05) is 18.2 Å². The van der Waals surface area contributed by atoms with E-state index in [1.165, 1.54) is 22.5 Å². The van der Waals surface area contributed by atoms with Crippen molar-refractivity contribution in [1.29, 1.82) is 0 Å². The number of nitrogens with zero attached hydrogens (tertiary/aromatic N) is 2. The Morgan fingerprint density at radius 2 is 1.90 bits per heavy atom. The second-order valence-electron chi connectivity index (χ2n) is 7.94. The average Bonchev–Trinajstić information content (AvgIpc) is 3.46. The fourth-order valence-corrected chi connectivity index (χ4v) is 5.54. The second-order valence-corrected chi connectivity index (χ2v) is 9.92. The van der Waals surface area contributed by atoms with Crippen molar-refractivity contribution in [2.45, 2.75) is 32.7 Å². The number of hydrogen-bond acceptors (Lipinski definition) is 4. The van der Waals surface area contributed by atoms with Crippen molar-refractivity contribution in [3.8, 4) is 0 Å². The van der Waals surface area contributed by atoms with Crippen molar-refractivity contribution in [1.82, 2.24) is 9.55 Å². The molecule has 0 bridgehead atoms. The van der Waals surface area contributed by atoms with E-state index in [0.29, 0.717) is 16.7 Å². The number of thiophene rings is 1. The molecule has 0 spiro atoms. The van der Waals surface area contributed by atoms with E-state index in [9.17, 15) is 4.79 Å². The van der Waals surface area contributed by atoms with Crippen LogP contribution >= 0.6 is 22.7 Å². The average molecular weight is 446 g/mol. The Morgan fingerprint density at radius 3 is 2.71 bits per heavy atom. The van der Waals surface area contributed by atoms with E-state index in [0.717, 1.165) is 33.4 Å². The minimum Gasteiger partial charge on any atom is -0.335 e. The quantitative estimate of drug-likeness (QED) is 0.308. The molecule has 5 rings (SSSR count). The number of fused-ring (bicyclic) bond motifs is 2. The summed E-state index contributed by atoms with van der Waals surface area (Å²) in [6.07, 6.45) is 0.875. The number of thiazole rings is 1. The van der Waals surface area contributed by atoms with E-state index in [1.54, 1.807) is 11.3 Å². The maximum Gasteiger partial charge on any atom is 0.274 e. The number of anilines is 1. The van der Waals surface area contributed by atoms with Crippen molar-refractivity contribution in [2.75, 3.05) is 5.32 Å². The van der Waals surface area contributed by atoms with Crippen LogP contribution in [0.15, 0.2) is 66.0 Å². The van der Waals surface area contributed by atoms with Crippen LogP contribution in [0.3, 0.4) is 0 Å². The van der Waals surface area contributed by atoms with Crippen LogP contribution in [0.2, 0.25) is 0 Å². The zero-order chi connectivity index (χ0) is 21.4. The lowest BCUT2D eigenvalue weighted by atomic mass is 10.0. The first kappa shape index (κ1) is 20.0. The highest BCUT2D eigenvalue weighted by Crippen LogP contribution is 2.30. The molecule has 5 aromatic rings. The number of rotatable bonds is 6. The van der Waals surface area contributed by atoms with Crippen LogP contribution < -0.4 is 5.32 Å². The number of carbonyl (C=O) groups excluding carboxylic acids is 1. The van der Waals surface area contributed by atoms with Crippen LogP contribution in [0.4, 0.5) is 5.13 Å². The maximum atomic E-state index is 13.2. The Bertz CT molecular complexity index is 1360. The van der Waals surface area contributed by atoms with Crippen LogP contribution in [-0.2, 0) is 13.0 Å². The van der Waals surface area contributed by atoms with E-state index in [-0.39, 0.29) is 5.91 Å². The highest BCUT2D eigenvalue weighted by Gasteiger charge is 2.18. The van der Waals surface area contributed by atoms with Crippen molar-refractivity contribution >= 4 is 54.1 Å². The topological polar surface area (TPSA) is 46.9 Å². The van der Waals surface area contributed by atoms with E-state index in [2.05, 4.69) is 76.6 Å². The molecular weight excluding hydrogens is 422 g/mol. The molecule has 31 heavy (non-hydrogen) atoms. The molecule has 6 heteroatoms. The molecule has 0 aliphatic heterocycles. The Labute approximate surface area is 189 Å². The van der Waals surface area contributed by atoms with Gasteiger partial charge in [0.15, 0.2) is 5.13 Å². The lowest BCUT2D eigenvalue weighted by molar-refractivity contribution is 0.101. The van der Waals surface area contributed by atoms with Crippen LogP contribution in [-0.4, -0.2) is 15.5 Å². The summed E-state index contributed by atoms with van der Waals surface area (Å²) in [6, 6.07) is 20.8. The molecule has 3 heterocycles. The first-order chi connectivity index (χ1) is 15.1. The molecule has 0 aliphatic carbocycles. The van der Waals surface area contributed by atoms with Crippen LogP contribution in [0.5, 0.6) is 0 Å². The number of amides is 1. The van der Waals surface area contributed by atoms with Gasteiger partial charge in [0, 0.05) is 6.54 Å². The molecular formula is C25H23N3OS2. The van der Waals surface area contributed by atoms with E-state index in [4.69, 9.17) is 0 Å². The Hall–Kier alpha value is -2.96. The van der Waals surface area contributed by atoms with Crippen molar-refractivity contribution < 1.29 is 4.79 Å². The number of aryl methyl sites for hydroxylation is 2. The third-order valence-electron chi connectivity index (χ3n) is 5.52. The van der Waals surface area contributed by atoms with Crippen LogP contribution in [0.1, 0.15) is 41.4 Å². The Balaban J connectivity index is 1.42. The summed E-state index contributed by atoms with van der Waals surface area (Å²) < 4.78 is 4.35. The number of carbonyl (C=O) groups is 1. The normalized spacial score (nSPS) is 11.6. The lowest BCUT2D eigenvalue weighted by Crippen LogP contribution is -2.17. The van der Waals surface area contributed by atoms with Gasteiger partial charge in [-0.15, -0.1) is 11.3 Å². The predicted molar refractivity (Wildman–Crippen MR) is 132 cm³/mol. The summed E-state index contributed by atoms with van der Waals surface area (Å²) in [5.74, 6) is 0.352. The molecule has 0 saturated carbocycles. The van der Waals surface area contributed by atoms with Crippen molar-refractivity contribution in [3.05, 3.63) is 82.9 Å². The summed E-state index contributed by atoms with van der Waals surface area (Å²) in [7, 11) is 0. The Morgan fingerprint density at radius 1 is 1.06 bits per heavy atom. The number of hydrogen-bond donors (Lipinski definition) is 1. The van der Waals surface area contributed by atoms with Gasteiger partial charge in [-0.3, -0.25) is 10.1 Å². The highest BCUT2D eigenvalue weighted by atomic mass is 32.1. The summed E-state index contributed by atoms with van der Waals surface area (Å²) in [4.78, 5) is 17.8. The zero-order valence-electron chi connectivity index (χ0n) is 17.5. The smallest absolute Gasteiger partial charge is 0.274 e. The molecule has 0 aliphatic rings. The van der Waals surface area contributed by atoms with Crippen LogP contribution in [0, 0.1) is 0 Å². The van der Waals surface area contributed by atoms with E-state index < -0.39 is 0 Å². The molecule has 1 amide bonds. The summed E-state index contributed by atoms with van der Waals surface area (Å²) >= 11 is 3.19. The lowest BCUT2D eigenvalue weighted by Gasteiger charge is -2.10. The summed E-state index contributed by atoms with van der Waals surface area (Å²) in [6.45, 7) is 5.12. The predicted octanol–water partition coefficient (Wildman–Crippen LogP) is 6.93.